The average Bonchev–Trinajstić information content (AvgIpc) is 3.39. The summed E-state index contributed by atoms with van der Waals surface area (Å²) in [6.07, 6.45) is 5.05. The first kappa shape index (κ1) is 20.3. The molecule has 7 nitrogen and oxygen atoms in total. The van der Waals surface area contributed by atoms with E-state index in [-0.39, 0.29) is 12.4 Å². The van der Waals surface area contributed by atoms with Gasteiger partial charge >= 0.3 is 0 Å². The summed E-state index contributed by atoms with van der Waals surface area (Å²) in [4.78, 5) is 4.54. The maximum atomic E-state index is 11.5. The molecule has 3 aromatic heterocycles. The van der Waals surface area contributed by atoms with Gasteiger partial charge < -0.3 is 9.15 Å². The van der Waals surface area contributed by atoms with E-state index in [1.807, 2.05) is 60.7 Å². The van der Waals surface area contributed by atoms with Crippen molar-refractivity contribution in [2.45, 2.75) is 6.42 Å². The van der Waals surface area contributed by atoms with Crippen molar-refractivity contribution >= 4 is 26.3 Å². The van der Waals surface area contributed by atoms with Gasteiger partial charge in [-0.25, -0.2) is 17.9 Å². The van der Waals surface area contributed by atoms with E-state index in [2.05, 4.69) is 4.98 Å². The van der Waals surface area contributed by atoms with E-state index >= 15 is 0 Å². The summed E-state index contributed by atoms with van der Waals surface area (Å²) in [5.41, 5.74) is 3.09. The number of fused-ring (bicyclic) bond motifs is 2. The molecule has 0 aliphatic carbocycles. The van der Waals surface area contributed by atoms with Gasteiger partial charge in [-0.3, -0.25) is 0 Å². The molecule has 0 radical (unpaired) electrons. The molecule has 0 spiro atoms. The smallest absolute Gasteiger partial charge is 0.239 e. The van der Waals surface area contributed by atoms with Gasteiger partial charge in [0, 0.05) is 22.6 Å². The Hall–Kier alpha value is -3.65. The van der Waals surface area contributed by atoms with Crippen molar-refractivity contribution in [2.75, 3.05) is 18.6 Å². The van der Waals surface area contributed by atoms with E-state index in [1.54, 1.807) is 17.0 Å². The fraction of sp³-hybridized carbons (Fsp3) is 0.167. The third-order valence-electron chi connectivity index (χ3n) is 5.18. The first-order chi connectivity index (χ1) is 15.5. The predicted octanol–water partition coefficient (Wildman–Crippen LogP) is 4.62. The van der Waals surface area contributed by atoms with Crippen molar-refractivity contribution in [3.8, 4) is 28.5 Å². The van der Waals surface area contributed by atoms with Gasteiger partial charge in [0.2, 0.25) is 5.88 Å². The molecule has 5 aromatic rings. The molecule has 0 saturated carbocycles. The van der Waals surface area contributed by atoms with E-state index in [0.717, 1.165) is 21.9 Å². The summed E-state index contributed by atoms with van der Waals surface area (Å²) >= 11 is 0. The number of sulfone groups is 1. The summed E-state index contributed by atoms with van der Waals surface area (Å²) in [5.74, 6) is 1.15. The molecule has 0 N–H and O–H groups in total. The van der Waals surface area contributed by atoms with Crippen LogP contribution in [0.1, 0.15) is 6.42 Å². The van der Waals surface area contributed by atoms with Gasteiger partial charge in [0.25, 0.3) is 0 Å². The zero-order chi connectivity index (χ0) is 22.1. The standard InChI is InChI=1S/C24H21N3O4S/c1-32(28,29)13-7-12-30-24-20(17-8-3-2-4-9-17)14-22-25-15-21(27(22)26-24)23-19-11-6-5-10-18(19)16-31-23/h2-6,8-11,14-16H,7,12-13H2,1H3. The van der Waals surface area contributed by atoms with Crippen LogP contribution in [0.2, 0.25) is 0 Å². The first-order valence-electron chi connectivity index (χ1n) is 10.2. The van der Waals surface area contributed by atoms with Crippen LogP contribution in [0.25, 0.3) is 39.0 Å². The quantitative estimate of drug-likeness (QED) is 0.338. The summed E-state index contributed by atoms with van der Waals surface area (Å²) in [5, 5.41) is 6.70. The summed E-state index contributed by atoms with van der Waals surface area (Å²) in [6, 6.07) is 19.6. The van der Waals surface area contributed by atoms with Gasteiger partial charge in [-0.15, -0.1) is 5.10 Å². The number of rotatable bonds is 7. The van der Waals surface area contributed by atoms with Gasteiger partial charge in [-0.2, -0.15) is 0 Å². The van der Waals surface area contributed by atoms with Crippen LogP contribution < -0.4 is 4.74 Å². The Bertz CT molecular complexity index is 1500. The van der Waals surface area contributed by atoms with E-state index in [4.69, 9.17) is 14.3 Å². The molecule has 2 aromatic carbocycles. The van der Waals surface area contributed by atoms with Crippen LogP contribution in [0.4, 0.5) is 0 Å². The van der Waals surface area contributed by atoms with Gasteiger partial charge in [0.05, 0.1) is 24.8 Å². The first-order valence-corrected chi connectivity index (χ1v) is 12.3. The number of aromatic nitrogens is 3. The zero-order valence-electron chi connectivity index (χ0n) is 17.4. The van der Waals surface area contributed by atoms with E-state index < -0.39 is 9.84 Å². The van der Waals surface area contributed by atoms with Crippen LogP contribution >= 0.6 is 0 Å². The molecule has 0 atom stereocenters. The lowest BCUT2D eigenvalue weighted by Crippen LogP contribution is -2.10. The SMILES string of the molecule is CS(=O)(=O)CCCOc1nn2c(-c3occ4ccccc34)cnc2cc1-c1ccccc1. The largest absolute Gasteiger partial charge is 0.476 e. The lowest BCUT2D eigenvalue weighted by atomic mass is 10.1. The van der Waals surface area contributed by atoms with Crippen LogP contribution in [0.3, 0.4) is 0 Å². The molecule has 0 aliphatic heterocycles. The minimum absolute atomic E-state index is 0.0601. The topological polar surface area (TPSA) is 86.7 Å². The number of hydrogen-bond donors (Lipinski definition) is 0. The number of benzene rings is 2. The normalized spacial score (nSPS) is 11.9. The van der Waals surface area contributed by atoms with Gasteiger partial charge in [-0.05, 0) is 18.1 Å². The van der Waals surface area contributed by atoms with Crippen molar-refractivity contribution in [1.82, 2.24) is 14.6 Å². The van der Waals surface area contributed by atoms with Gasteiger partial charge in [0.1, 0.15) is 15.5 Å². The number of furan rings is 1. The minimum atomic E-state index is -3.05. The predicted molar refractivity (Wildman–Crippen MR) is 123 cm³/mol. The molecule has 3 heterocycles. The molecule has 32 heavy (non-hydrogen) atoms. The monoisotopic (exact) mass is 447 g/mol. The third kappa shape index (κ3) is 3.97. The Morgan fingerprint density at radius 2 is 1.84 bits per heavy atom. The number of ether oxygens (including phenoxy) is 1. The Kier molecular flexibility index (Phi) is 5.14. The van der Waals surface area contributed by atoms with E-state index in [0.29, 0.717) is 29.4 Å². The van der Waals surface area contributed by atoms with E-state index in [1.165, 1.54) is 6.26 Å². The average molecular weight is 448 g/mol. The van der Waals surface area contributed by atoms with Crippen LogP contribution in [-0.2, 0) is 9.84 Å². The zero-order valence-corrected chi connectivity index (χ0v) is 18.2. The third-order valence-corrected chi connectivity index (χ3v) is 6.21. The van der Waals surface area contributed by atoms with Crippen LogP contribution in [-0.4, -0.2) is 41.6 Å². The highest BCUT2D eigenvalue weighted by molar-refractivity contribution is 7.90. The molecule has 8 heteroatoms. The van der Waals surface area contributed by atoms with Crippen molar-refractivity contribution in [3.05, 3.63) is 73.1 Å². The maximum Gasteiger partial charge on any atom is 0.239 e. The second-order valence-corrected chi connectivity index (χ2v) is 9.89. The fourth-order valence-electron chi connectivity index (χ4n) is 3.67. The molecule has 0 amide bonds. The summed E-state index contributed by atoms with van der Waals surface area (Å²) in [6.45, 7) is 0.235. The second-order valence-electron chi connectivity index (χ2n) is 7.63. The summed E-state index contributed by atoms with van der Waals surface area (Å²) in [7, 11) is -3.05. The maximum absolute atomic E-state index is 11.5. The number of hydrogen-bond acceptors (Lipinski definition) is 6. The summed E-state index contributed by atoms with van der Waals surface area (Å²) < 4.78 is 36.4. The van der Waals surface area contributed by atoms with Crippen LogP contribution in [0.15, 0.2) is 77.5 Å². The van der Waals surface area contributed by atoms with Crippen molar-refractivity contribution in [1.29, 1.82) is 0 Å². The minimum Gasteiger partial charge on any atom is -0.476 e. The van der Waals surface area contributed by atoms with Gasteiger partial charge in [-0.1, -0.05) is 54.6 Å². The van der Waals surface area contributed by atoms with E-state index in [9.17, 15) is 8.42 Å². The Morgan fingerprint density at radius 3 is 2.66 bits per heavy atom. The Labute approximate surface area is 185 Å². The highest BCUT2D eigenvalue weighted by atomic mass is 32.2. The lowest BCUT2D eigenvalue weighted by Gasteiger charge is -2.12. The number of nitrogens with zero attached hydrogens (tertiary/aromatic N) is 3. The van der Waals surface area contributed by atoms with Crippen LogP contribution in [0, 0.1) is 0 Å². The Morgan fingerprint density at radius 1 is 1.06 bits per heavy atom. The lowest BCUT2D eigenvalue weighted by molar-refractivity contribution is 0.302. The fourth-order valence-corrected chi connectivity index (χ4v) is 4.31. The molecule has 0 aliphatic rings. The molecule has 0 fully saturated rings. The molecule has 0 unspecified atom stereocenters. The Balaban J connectivity index is 1.59. The molecular formula is C24H21N3O4S. The molecule has 5 rings (SSSR count). The highest BCUT2D eigenvalue weighted by Crippen LogP contribution is 2.34. The highest BCUT2D eigenvalue weighted by Gasteiger charge is 2.18. The molecule has 0 bridgehead atoms. The van der Waals surface area contributed by atoms with Gasteiger partial charge in [0.15, 0.2) is 11.4 Å². The molecular weight excluding hydrogens is 426 g/mol. The van der Waals surface area contributed by atoms with Crippen molar-refractivity contribution < 1.29 is 17.6 Å². The van der Waals surface area contributed by atoms with Crippen molar-refractivity contribution in [3.63, 3.8) is 0 Å². The van der Waals surface area contributed by atoms with Crippen molar-refractivity contribution in [2.24, 2.45) is 0 Å². The van der Waals surface area contributed by atoms with Crippen LogP contribution in [0.5, 0.6) is 5.88 Å². The second kappa shape index (κ2) is 8.12. The molecule has 0 saturated heterocycles. The number of imidazole rings is 1. The molecule has 162 valence electrons.